The van der Waals surface area contributed by atoms with E-state index in [9.17, 15) is 9.59 Å². The molecule has 4 aromatic heterocycles. The average molecular weight is 400 g/mol. The number of aromatic nitrogens is 4. The van der Waals surface area contributed by atoms with E-state index in [2.05, 4.69) is 20.4 Å². The molecule has 138 valence electrons. The van der Waals surface area contributed by atoms with E-state index in [1.807, 2.05) is 44.4 Å². The molecule has 0 fully saturated rings. The lowest BCUT2D eigenvalue weighted by molar-refractivity contribution is 0.0942. The van der Waals surface area contributed by atoms with Crippen LogP contribution in [0.3, 0.4) is 0 Å². The predicted octanol–water partition coefficient (Wildman–Crippen LogP) is 3.32. The summed E-state index contributed by atoms with van der Waals surface area (Å²) in [5.74, 6) is -0.207. The van der Waals surface area contributed by atoms with Crippen molar-refractivity contribution in [2.75, 3.05) is 0 Å². The van der Waals surface area contributed by atoms with E-state index in [4.69, 9.17) is 0 Å². The Bertz CT molecular complexity index is 1190. The van der Waals surface area contributed by atoms with Gasteiger partial charge in [0.25, 0.3) is 11.5 Å². The first-order valence-corrected chi connectivity index (χ1v) is 10.0. The van der Waals surface area contributed by atoms with Gasteiger partial charge in [-0.05, 0) is 32.2 Å². The highest BCUT2D eigenvalue weighted by molar-refractivity contribution is 7.13. The van der Waals surface area contributed by atoms with Crippen molar-refractivity contribution in [1.29, 1.82) is 0 Å². The largest absolute Gasteiger partial charge is 0.343 e. The maximum absolute atomic E-state index is 12.5. The van der Waals surface area contributed by atoms with E-state index >= 15 is 0 Å². The van der Waals surface area contributed by atoms with Gasteiger partial charge in [-0.3, -0.25) is 14.7 Å². The van der Waals surface area contributed by atoms with Crippen molar-refractivity contribution in [3.05, 3.63) is 61.3 Å². The molecule has 4 rings (SSSR count). The van der Waals surface area contributed by atoms with Crippen molar-refractivity contribution in [1.82, 2.24) is 24.9 Å². The standard InChI is InChI=1S/C18H17N5O2S2/c1-9(20-18(25)17-10(2)19-11(3)27-17)12-8-16(24)23-15(21-12)7-13(22-23)14-5-4-6-26-14/h4-9,22H,1-3H3,(H,20,25). The first-order chi connectivity index (χ1) is 12.9. The van der Waals surface area contributed by atoms with Crippen LogP contribution in [0, 0.1) is 13.8 Å². The number of hydrogen-bond donors (Lipinski definition) is 2. The van der Waals surface area contributed by atoms with Crippen molar-refractivity contribution < 1.29 is 4.79 Å². The van der Waals surface area contributed by atoms with E-state index in [1.165, 1.54) is 21.9 Å². The maximum Gasteiger partial charge on any atom is 0.272 e. The minimum atomic E-state index is -0.405. The molecule has 0 spiro atoms. The Morgan fingerprint density at radius 3 is 2.78 bits per heavy atom. The van der Waals surface area contributed by atoms with Crippen LogP contribution < -0.4 is 10.9 Å². The molecule has 4 aromatic rings. The second kappa shape index (κ2) is 6.75. The van der Waals surface area contributed by atoms with Crippen molar-refractivity contribution in [2.45, 2.75) is 26.8 Å². The van der Waals surface area contributed by atoms with Gasteiger partial charge in [0.2, 0.25) is 0 Å². The zero-order valence-corrected chi connectivity index (χ0v) is 16.6. The predicted molar refractivity (Wildman–Crippen MR) is 107 cm³/mol. The molecule has 1 unspecified atom stereocenters. The zero-order chi connectivity index (χ0) is 19.1. The van der Waals surface area contributed by atoms with E-state index in [-0.39, 0.29) is 11.5 Å². The van der Waals surface area contributed by atoms with Crippen LogP contribution in [-0.2, 0) is 0 Å². The van der Waals surface area contributed by atoms with Gasteiger partial charge in [-0.2, -0.15) is 0 Å². The summed E-state index contributed by atoms with van der Waals surface area (Å²) in [4.78, 5) is 35.4. The third-order valence-corrected chi connectivity index (χ3v) is 6.13. The summed E-state index contributed by atoms with van der Waals surface area (Å²) in [7, 11) is 0. The van der Waals surface area contributed by atoms with Crippen LogP contribution in [0.15, 0.2) is 34.4 Å². The smallest absolute Gasteiger partial charge is 0.272 e. The number of carbonyl (C=O) groups excluding carboxylic acids is 1. The molecule has 0 aliphatic rings. The Labute approximate surface area is 162 Å². The molecule has 2 N–H and O–H groups in total. The van der Waals surface area contributed by atoms with Crippen LogP contribution >= 0.6 is 22.7 Å². The number of aryl methyl sites for hydroxylation is 2. The average Bonchev–Trinajstić information content (AvgIpc) is 3.33. The number of nitrogens with one attached hydrogen (secondary N) is 2. The van der Waals surface area contributed by atoms with Gasteiger partial charge >= 0.3 is 0 Å². The number of thiazole rings is 1. The fourth-order valence-corrected chi connectivity index (χ4v) is 4.38. The Hall–Kier alpha value is -2.78. The van der Waals surface area contributed by atoms with Crippen LogP contribution in [0.4, 0.5) is 0 Å². The molecule has 0 aliphatic heterocycles. The normalized spacial score (nSPS) is 12.4. The monoisotopic (exact) mass is 399 g/mol. The Kier molecular flexibility index (Phi) is 4.40. The van der Waals surface area contributed by atoms with E-state index < -0.39 is 6.04 Å². The third kappa shape index (κ3) is 3.31. The number of nitrogens with zero attached hydrogens (tertiary/aromatic N) is 3. The minimum Gasteiger partial charge on any atom is -0.343 e. The van der Waals surface area contributed by atoms with Crippen LogP contribution in [0.5, 0.6) is 0 Å². The zero-order valence-electron chi connectivity index (χ0n) is 14.9. The SMILES string of the molecule is Cc1nc(C)c(C(=O)NC(C)c2cc(=O)n3[nH]c(-c4cccs4)cc3n2)s1. The molecular formula is C18H17N5O2S2. The van der Waals surface area contributed by atoms with Gasteiger partial charge < -0.3 is 5.32 Å². The number of thiophene rings is 1. The summed E-state index contributed by atoms with van der Waals surface area (Å²) in [6.07, 6.45) is 0. The lowest BCUT2D eigenvalue weighted by atomic mass is 10.2. The van der Waals surface area contributed by atoms with Crippen molar-refractivity contribution in [3.63, 3.8) is 0 Å². The summed E-state index contributed by atoms with van der Waals surface area (Å²) >= 11 is 2.93. The number of amides is 1. The maximum atomic E-state index is 12.5. The molecule has 0 aromatic carbocycles. The van der Waals surface area contributed by atoms with Gasteiger partial charge in [0.1, 0.15) is 4.88 Å². The molecule has 27 heavy (non-hydrogen) atoms. The topological polar surface area (TPSA) is 92.1 Å². The van der Waals surface area contributed by atoms with Crippen LogP contribution in [-0.4, -0.2) is 25.5 Å². The van der Waals surface area contributed by atoms with Crippen LogP contribution in [0.25, 0.3) is 16.2 Å². The number of aromatic amines is 1. The lowest BCUT2D eigenvalue weighted by Crippen LogP contribution is -2.28. The molecule has 0 aliphatic carbocycles. The van der Waals surface area contributed by atoms with E-state index in [0.29, 0.717) is 21.9 Å². The Morgan fingerprint density at radius 1 is 1.30 bits per heavy atom. The molecule has 1 atom stereocenters. The third-order valence-electron chi connectivity index (χ3n) is 4.16. The number of hydrogen-bond acceptors (Lipinski definition) is 6. The van der Waals surface area contributed by atoms with Crippen molar-refractivity contribution in [2.24, 2.45) is 0 Å². The molecule has 0 saturated carbocycles. The Morgan fingerprint density at radius 2 is 2.11 bits per heavy atom. The number of rotatable bonds is 4. The summed E-state index contributed by atoms with van der Waals surface area (Å²) in [6, 6.07) is 6.80. The molecule has 9 heteroatoms. The van der Waals surface area contributed by atoms with E-state index in [1.54, 1.807) is 11.3 Å². The summed E-state index contributed by atoms with van der Waals surface area (Å²) in [5.41, 5.74) is 2.36. The molecule has 0 radical (unpaired) electrons. The van der Waals surface area contributed by atoms with Gasteiger partial charge in [0, 0.05) is 12.1 Å². The van der Waals surface area contributed by atoms with Gasteiger partial charge in [0.15, 0.2) is 5.65 Å². The number of carbonyl (C=O) groups is 1. The summed E-state index contributed by atoms with van der Waals surface area (Å²) < 4.78 is 1.41. The van der Waals surface area contributed by atoms with Gasteiger partial charge in [-0.25, -0.2) is 14.5 Å². The molecule has 0 bridgehead atoms. The fraction of sp³-hybridized carbons (Fsp3) is 0.222. The minimum absolute atomic E-state index is 0.207. The molecular weight excluding hydrogens is 382 g/mol. The molecule has 7 nitrogen and oxygen atoms in total. The first kappa shape index (κ1) is 17.6. The van der Waals surface area contributed by atoms with E-state index in [0.717, 1.165) is 15.6 Å². The lowest BCUT2D eigenvalue weighted by Gasteiger charge is -2.12. The van der Waals surface area contributed by atoms with Gasteiger partial charge in [-0.15, -0.1) is 22.7 Å². The highest BCUT2D eigenvalue weighted by Crippen LogP contribution is 2.24. The van der Waals surface area contributed by atoms with Crippen LogP contribution in [0.2, 0.25) is 0 Å². The quantitative estimate of drug-likeness (QED) is 0.551. The van der Waals surface area contributed by atoms with Crippen molar-refractivity contribution >= 4 is 34.2 Å². The highest BCUT2D eigenvalue weighted by atomic mass is 32.1. The van der Waals surface area contributed by atoms with Gasteiger partial charge in [0.05, 0.1) is 33.0 Å². The Balaban J connectivity index is 1.64. The summed E-state index contributed by atoms with van der Waals surface area (Å²) in [5, 5.41) is 8.79. The second-order valence-corrected chi connectivity index (χ2v) is 8.35. The van der Waals surface area contributed by atoms with Crippen LogP contribution in [0.1, 0.15) is 39.0 Å². The van der Waals surface area contributed by atoms with Crippen molar-refractivity contribution in [3.8, 4) is 10.6 Å². The molecule has 1 amide bonds. The number of fused-ring (bicyclic) bond motifs is 1. The fourth-order valence-electron chi connectivity index (χ4n) is 2.87. The second-order valence-electron chi connectivity index (χ2n) is 6.20. The first-order valence-electron chi connectivity index (χ1n) is 8.34. The van der Waals surface area contributed by atoms with Gasteiger partial charge in [-0.1, -0.05) is 6.07 Å². The number of H-pyrrole nitrogens is 1. The molecule has 4 heterocycles. The highest BCUT2D eigenvalue weighted by Gasteiger charge is 2.19. The summed E-state index contributed by atoms with van der Waals surface area (Å²) in [6.45, 7) is 5.49. The molecule has 0 saturated heterocycles.